The van der Waals surface area contributed by atoms with Crippen LogP contribution < -0.4 is 5.32 Å². The van der Waals surface area contributed by atoms with E-state index in [1.165, 1.54) is 18.3 Å². The minimum atomic E-state index is -0.900. The van der Waals surface area contributed by atoms with Gasteiger partial charge in [-0.3, -0.25) is 10.1 Å². The van der Waals surface area contributed by atoms with Gasteiger partial charge in [0, 0.05) is 17.6 Å². The van der Waals surface area contributed by atoms with E-state index in [2.05, 4.69) is 10.3 Å². The van der Waals surface area contributed by atoms with Crippen LogP contribution in [0.3, 0.4) is 0 Å². The van der Waals surface area contributed by atoms with E-state index in [1.807, 2.05) is 0 Å². The van der Waals surface area contributed by atoms with E-state index < -0.39 is 33.7 Å². The summed E-state index contributed by atoms with van der Waals surface area (Å²) in [5, 5.41) is 13.3. The van der Waals surface area contributed by atoms with Gasteiger partial charge in [-0.25, -0.2) is 18.2 Å². The summed E-state index contributed by atoms with van der Waals surface area (Å²) in [5.74, 6) is -2.71. The van der Waals surface area contributed by atoms with Gasteiger partial charge in [-0.15, -0.1) is 0 Å². The molecule has 116 valence electrons. The third kappa shape index (κ3) is 2.54. The first-order chi connectivity index (χ1) is 11.0. The zero-order valence-corrected chi connectivity index (χ0v) is 11.4. The molecule has 0 unspecified atom stereocenters. The average molecular weight is 319 g/mol. The van der Waals surface area contributed by atoms with Crippen molar-refractivity contribution in [3.63, 3.8) is 0 Å². The number of rotatable bonds is 3. The van der Waals surface area contributed by atoms with Gasteiger partial charge >= 0.3 is 0 Å². The number of nitrogens with one attached hydrogen (secondary N) is 1. The molecule has 0 bridgehead atoms. The summed E-state index contributed by atoms with van der Waals surface area (Å²) >= 11 is 0. The lowest BCUT2D eigenvalue weighted by molar-refractivity contribution is -0.383. The fourth-order valence-corrected chi connectivity index (χ4v) is 2.23. The Morgan fingerprint density at radius 2 is 1.70 bits per heavy atom. The van der Waals surface area contributed by atoms with Crippen LogP contribution in [-0.2, 0) is 0 Å². The quantitative estimate of drug-likeness (QED) is 0.577. The molecule has 3 aromatic rings. The van der Waals surface area contributed by atoms with Crippen LogP contribution >= 0.6 is 0 Å². The number of hydrogen-bond donors (Lipinski definition) is 1. The van der Waals surface area contributed by atoms with Crippen LogP contribution in [-0.4, -0.2) is 9.91 Å². The Labute approximate surface area is 127 Å². The summed E-state index contributed by atoms with van der Waals surface area (Å²) in [6.07, 6.45) is 1.19. The number of nitrogens with zero attached hydrogens (tertiary/aromatic N) is 2. The third-order valence-electron chi connectivity index (χ3n) is 3.25. The molecule has 0 radical (unpaired) electrons. The van der Waals surface area contributed by atoms with Gasteiger partial charge in [0.05, 0.1) is 4.92 Å². The maximum Gasteiger partial charge on any atom is 0.281 e. The molecule has 0 saturated carbocycles. The first kappa shape index (κ1) is 14.8. The monoisotopic (exact) mass is 319 g/mol. The summed E-state index contributed by atoms with van der Waals surface area (Å²) in [6, 6.07) is 6.39. The van der Waals surface area contributed by atoms with Crippen LogP contribution in [0.4, 0.5) is 30.4 Å². The Morgan fingerprint density at radius 3 is 2.35 bits per heavy atom. The highest BCUT2D eigenvalue weighted by Gasteiger charge is 2.20. The third-order valence-corrected chi connectivity index (χ3v) is 3.25. The van der Waals surface area contributed by atoms with Crippen molar-refractivity contribution in [2.24, 2.45) is 0 Å². The fourth-order valence-electron chi connectivity index (χ4n) is 2.23. The number of non-ortho nitro benzene ring substituents is 1. The molecule has 3 rings (SSSR count). The van der Waals surface area contributed by atoms with Crippen LogP contribution in [0.25, 0.3) is 10.8 Å². The number of benzene rings is 2. The molecule has 0 aliphatic carbocycles. The molecule has 0 atom stereocenters. The Bertz CT molecular complexity index is 911. The number of fused-ring (bicyclic) bond motifs is 1. The van der Waals surface area contributed by atoms with Gasteiger partial charge < -0.3 is 5.32 Å². The minimum absolute atomic E-state index is 0.0755. The summed E-state index contributed by atoms with van der Waals surface area (Å²) in [4.78, 5) is 14.3. The second kappa shape index (κ2) is 5.56. The molecular formula is C15H8F3N3O2. The number of aromatic nitrogens is 1. The van der Waals surface area contributed by atoms with Crippen molar-refractivity contribution >= 4 is 28.0 Å². The van der Waals surface area contributed by atoms with Crippen LogP contribution in [0.5, 0.6) is 0 Å². The van der Waals surface area contributed by atoms with Crippen LogP contribution in [0, 0.1) is 27.6 Å². The highest BCUT2D eigenvalue weighted by atomic mass is 19.1. The van der Waals surface area contributed by atoms with Crippen molar-refractivity contribution in [3.05, 3.63) is 70.2 Å². The molecular weight excluding hydrogens is 311 g/mol. The number of nitro groups is 1. The molecule has 0 aliphatic heterocycles. The molecule has 2 aromatic carbocycles. The highest BCUT2D eigenvalue weighted by Crippen LogP contribution is 2.34. The zero-order chi connectivity index (χ0) is 16.6. The van der Waals surface area contributed by atoms with E-state index in [-0.39, 0.29) is 16.6 Å². The van der Waals surface area contributed by atoms with E-state index in [4.69, 9.17) is 0 Å². The smallest absolute Gasteiger partial charge is 0.281 e. The molecule has 0 amide bonds. The number of halogens is 3. The topological polar surface area (TPSA) is 68.1 Å². The van der Waals surface area contributed by atoms with E-state index in [0.29, 0.717) is 0 Å². The predicted octanol–water partition coefficient (Wildman–Crippen LogP) is 4.30. The second-order valence-corrected chi connectivity index (χ2v) is 4.63. The van der Waals surface area contributed by atoms with Gasteiger partial charge in [-0.1, -0.05) is 6.07 Å². The molecule has 23 heavy (non-hydrogen) atoms. The average Bonchev–Trinajstić information content (AvgIpc) is 2.51. The van der Waals surface area contributed by atoms with Crippen molar-refractivity contribution in [3.8, 4) is 0 Å². The number of anilines is 2. The van der Waals surface area contributed by atoms with Crippen molar-refractivity contribution in [2.75, 3.05) is 5.32 Å². The van der Waals surface area contributed by atoms with Gasteiger partial charge in [-0.2, -0.15) is 0 Å². The zero-order valence-electron chi connectivity index (χ0n) is 11.4. The molecule has 0 saturated heterocycles. The Morgan fingerprint density at radius 1 is 1.00 bits per heavy atom. The summed E-state index contributed by atoms with van der Waals surface area (Å²) in [7, 11) is 0. The summed E-state index contributed by atoms with van der Waals surface area (Å²) in [6.45, 7) is 0. The second-order valence-electron chi connectivity index (χ2n) is 4.63. The molecule has 0 fully saturated rings. The van der Waals surface area contributed by atoms with Gasteiger partial charge in [0.2, 0.25) is 0 Å². The Hall–Kier alpha value is -3.16. The largest absolute Gasteiger partial charge is 0.335 e. The van der Waals surface area contributed by atoms with Gasteiger partial charge in [0.1, 0.15) is 34.3 Å². The van der Waals surface area contributed by atoms with Gasteiger partial charge in [0.15, 0.2) is 0 Å². The van der Waals surface area contributed by atoms with E-state index in [9.17, 15) is 23.3 Å². The number of para-hydroxylation sites is 1. The number of nitro benzene ring substituents is 1. The molecule has 1 aromatic heterocycles. The standard InChI is InChI=1S/C15H8F3N3O2/c16-9-4-5-12(21(22)23)13-8(9)6-7-19-15(13)20-14-10(17)2-1-3-11(14)18/h1-7H,(H,19,20). The molecule has 1 heterocycles. The highest BCUT2D eigenvalue weighted by molar-refractivity contribution is 6.00. The van der Waals surface area contributed by atoms with Crippen molar-refractivity contribution in [2.45, 2.75) is 0 Å². The first-order valence-electron chi connectivity index (χ1n) is 6.41. The lowest BCUT2D eigenvalue weighted by atomic mass is 10.1. The van der Waals surface area contributed by atoms with E-state index >= 15 is 0 Å². The van der Waals surface area contributed by atoms with E-state index in [0.717, 1.165) is 24.3 Å². The normalized spacial score (nSPS) is 10.7. The number of hydrogen-bond acceptors (Lipinski definition) is 4. The van der Waals surface area contributed by atoms with Crippen LogP contribution in [0.1, 0.15) is 0 Å². The van der Waals surface area contributed by atoms with Crippen LogP contribution in [0.2, 0.25) is 0 Å². The van der Waals surface area contributed by atoms with Gasteiger partial charge in [0.25, 0.3) is 5.69 Å². The molecule has 0 aliphatic rings. The van der Waals surface area contributed by atoms with Crippen molar-refractivity contribution in [1.29, 1.82) is 0 Å². The maximum absolute atomic E-state index is 13.9. The van der Waals surface area contributed by atoms with Crippen molar-refractivity contribution < 1.29 is 18.1 Å². The predicted molar refractivity (Wildman–Crippen MR) is 78.0 cm³/mol. The SMILES string of the molecule is O=[N+]([O-])c1ccc(F)c2ccnc(Nc3c(F)cccc3F)c12. The molecule has 0 spiro atoms. The lowest BCUT2D eigenvalue weighted by Crippen LogP contribution is -2.02. The summed E-state index contributed by atoms with van der Waals surface area (Å²) < 4.78 is 41.4. The maximum atomic E-state index is 13.9. The minimum Gasteiger partial charge on any atom is -0.335 e. The van der Waals surface area contributed by atoms with Gasteiger partial charge in [-0.05, 0) is 24.3 Å². The lowest BCUT2D eigenvalue weighted by Gasteiger charge is -2.11. The number of pyridine rings is 1. The molecule has 8 heteroatoms. The Kier molecular flexibility index (Phi) is 3.57. The molecule has 1 N–H and O–H groups in total. The fraction of sp³-hybridized carbons (Fsp3) is 0. The van der Waals surface area contributed by atoms with Crippen LogP contribution in [0.15, 0.2) is 42.6 Å². The van der Waals surface area contributed by atoms with E-state index in [1.54, 1.807) is 0 Å². The van der Waals surface area contributed by atoms with Crippen molar-refractivity contribution in [1.82, 2.24) is 4.98 Å². The summed E-state index contributed by atoms with van der Waals surface area (Å²) in [5.41, 5.74) is -0.945. The molecule has 5 nitrogen and oxygen atoms in total. The Balaban J connectivity index is 2.26. The first-order valence-corrected chi connectivity index (χ1v) is 6.41.